The van der Waals surface area contributed by atoms with Crippen LogP contribution >= 0.6 is 0 Å². The van der Waals surface area contributed by atoms with Crippen LogP contribution in [0.3, 0.4) is 0 Å². The molecule has 0 fully saturated rings. The average Bonchev–Trinajstić information content (AvgIpc) is 3.01. The second kappa shape index (κ2) is 7.95. The van der Waals surface area contributed by atoms with Crippen LogP contribution in [0.2, 0.25) is 0 Å². The maximum Gasteiger partial charge on any atom is 0.405 e. The number of hydrogen-bond donors (Lipinski definition) is 1. The Bertz CT molecular complexity index is 776. The zero-order valence-corrected chi connectivity index (χ0v) is 14.4. The lowest BCUT2D eigenvalue weighted by Gasteiger charge is -2.23. The third-order valence-corrected chi connectivity index (χ3v) is 4.42. The van der Waals surface area contributed by atoms with E-state index in [4.69, 9.17) is 5.11 Å². The minimum Gasteiger partial charge on any atom is -0.396 e. The summed E-state index contributed by atoms with van der Waals surface area (Å²) >= 11 is 0. The fourth-order valence-corrected chi connectivity index (χ4v) is 3.24. The number of rotatable bonds is 7. The quantitative estimate of drug-likeness (QED) is 0.760. The Balaban J connectivity index is 1.77. The molecule has 0 bridgehead atoms. The van der Waals surface area contributed by atoms with E-state index in [9.17, 15) is 13.2 Å². The lowest BCUT2D eigenvalue weighted by Crippen LogP contribution is -2.33. The SMILES string of the molecule is OCCCCc1c(CN2C=CN(CC(F)(F)F)C2)ncc2ccccc12. The molecule has 0 saturated heterocycles. The lowest BCUT2D eigenvalue weighted by atomic mass is 9.99. The zero-order valence-electron chi connectivity index (χ0n) is 14.4. The van der Waals surface area contributed by atoms with E-state index in [2.05, 4.69) is 4.98 Å². The summed E-state index contributed by atoms with van der Waals surface area (Å²) in [6.45, 7) is -0.141. The first-order valence-electron chi connectivity index (χ1n) is 8.66. The minimum absolute atomic E-state index is 0.148. The summed E-state index contributed by atoms with van der Waals surface area (Å²) in [5.74, 6) is 0. The number of aryl methyl sites for hydroxylation is 1. The molecule has 2 aromatic rings. The topological polar surface area (TPSA) is 39.6 Å². The molecule has 1 N–H and O–H groups in total. The molecule has 0 saturated carbocycles. The molecular formula is C19H22F3N3O. The highest BCUT2D eigenvalue weighted by Gasteiger charge is 2.31. The van der Waals surface area contributed by atoms with Crippen LogP contribution < -0.4 is 0 Å². The molecule has 0 atom stereocenters. The number of aliphatic hydroxyl groups excluding tert-OH is 1. The van der Waals surface area contributed by atoms with Crippen LogP contribution in [0.1, 0.15) is 24.1 Å². The van der Waals surface area contributed by atoms with Gasteiger partial charge in [0, 0.05) is 30.6 Å². The van der Waals surface area contributed by atoms with Gasteiger partial charge in [0.05, 0.1) is 18.9 Å². The Hall–Kier alpha value is -2.28. The van der Waals surface area contributed by atoms with Crippen molar-refractivity contribution in [1.82, 2.24) is 14.8 Å². The van der Waals surface area contributed by atoms with Gasteiger partial charge in [0.1, 0.15) is 6.54 Å². The number of alkyl halides is 3. The van der Waals surface area contributed by atoms with Gasteiger partial charge in [0.2, 0.25) is 0 Å². The second-order valence-electron chi connectivity index (χ2n) is 6.50. The molecule has 7 heteroatoms. The van der Waals surface area contributed by atoms with Crippen molar-refractivity contribution >= 4 is 10.8 Å². The van der Waals surface area contributed by atoms with Crippen molar-refractivity contribution < 1.29 is 18.3 Å². The number of hydrogen-bond acceptors (Lipinski definition) is 4. The van der Waals surface area contributed by atoms with Crippen LogP contribution in [0.5, 0.6) is 0 Å². The Labute approximate surface area is 150 Å². The number of aliphatic hydroxyl groups is 1. The van der Waals surface area contributed by atoms with Gasteiger partial charge in [-0.05, 0) is 30.2 Å². The number of pyridine rings is 1. The standard InChI is InChI=1S/C19H22F3N3O/c20-19(21,22)13-25-9-8-24(14-25)12-18-17(7-3-4-10-26)16-6-2-1-5-15(16)11-23-18/h1-2,5-6,8-9,11,26H,3-4,7,10,12-14H2. The summed E-state index contributed by atoms with van der Waals surface area (Å²) in [6, 6.07) is 7.98. The molecule has 0 unspecified atom stereocenters. The number of aromatic nitrogens is 1. The summed E-state index contributed by atoms with van der Waals surface area (Å²) in [5.41, 5.74) is 1.99. The van der Waals surface area contributed by atoms with Gasteiger partial charge in [-0.1, -0.05) is 24.3 Å². The Kier molecular flexibility index (Phi) is 5.66. The fourth-order valence-electron chi connectivity index (χ4n) is 3.24. The largest absolute Gasteiger partial charge is 0.405 e. The molecule has 26 heavy (non-hydrogen) atoms. The van der Waals surface area contributed by atoms with E-state index in [-0.39, 0.29) is 13.3 Å². The van der Waals surface area contributed by atoms with Crippen molar-refractivity contribution in [2.45, 2.75) is 32.0 Å². The number of unbranched alkanes of at least 4 members (excludes halogenated alkanes) is 1. The van der Waals surface area contributed by atoms with Gasteiger partial charge in [0.15, 0.2) is 0 Å². The fraction of sp³-hybridized carbons (Fsp3) is 0.421. The van der Waals surface area contributed by atoms with Crippen molar-refractivity contribution in [3.8, 4) is 0 Å². The van der Waals surface area contributed by atoms with Gasteiger partial charge >= 0.3 is 6.18 Å². The normalized spacial score (nSPS) is 14.6. The molecule has 0 aliphatic carbocycles. The van der Waals surface area contributed by atoms with E-state index in [1.807, 2.05) is 35.4 Å². The van der Waals surface area contributed by atoms with E-state index in [0.717, 1.165) is 34.9 Å². The van der Waals surface area contributed by atoms with Gasteiger partial charge in [-0.25, -0.2) is 0 Å². The number of fused-ring (bicyclic) bond motifs is 1. The van der Waals surface area contributed by atoms with E-state index < -0.39 is 12.7 Å². The van der Waals surface area contributed by atoms with Gasteiger partial charge in [0.25, 0.3) is 0 Å². The molecule has 1 aliphatic rings. The van der Waals surface area contributed by atoms with Gasteiger partial charge in [-0.15, -0.1) is 0 Å². The summed E-state index contributed by atoms with van der Waals surface area (Å²) in [4.78, 5) is 7.64. The van der Waals surface area contributed by atoms with Gasteiger partial charge in [-0.2, -0.15) is 13.2 Å². The lowest BCUT2D eigenvalue weighted by molar-refractivity contribution is -0.141. The third-order valence-electron chi connectivity index (χ3n) is 4.42. The molecule has 2 heterocycles. The molecule has 140 valence electrons. The summed E-state index contributed by atoms with van der Waals surface area (Å²) in [7, 11) is 0. The molecule has 0 spiro atoms. The van der Waals surface area contributed by atoms with Crippen molar-refractivity contribution in [2.24, 2.45) is 0 Å². The molecule has 3 rings (SSSR count). The van der Waals surface area contributed by atoms with Crippen LogP contribution in [0.25, 0.3) is 10.8 Å². The van der Waals surface area contributed by atoms with Crippen molar-refractivity contribution in [3.63, 3.8) is 0 Å². The molecule has 0 amide bonds. The first kappa shape index (κ1) is 18.5. The predicted molar refractivity (Wildman–Crippen MR) is 94.1 cm³/mol. The smallest absolute Gasteiger partial charge is 0.396 e. The summed E-state index contributed by atoms with van der Waals surface area (Å²) in [5, 5.41) is 11.2. The van der Waals surface area contributed by atoms with Crippen LogP contribution in [-0.4, -0.2) is 45.9 Å². The van der Waals surface area contributed by atoms with Crippen LogP contribution in [0.4, 0.5) is 13.2 Å². The van der Waals surface area contributed by atoms with Crippen molar-refractivity contribution in [3.05, 3.63) is 54.1 Å². The molecule has 1 aliphatic heterocycles. The number of nitrogens with zero attached hydrogens (tertiary/aromatic N) is 3. The maximum atomic E-state index is 12.5. The number of benzene rings is 1. The predicted octanol–water partition coefficient (Wildman–Crippen LogP) is 3.66. The molecule has 0 radical (unpaired) electrons. The highest BCUT2D eigenvalue weighted by molar-refractivity contribution is 5.85. The third kappa shape index (κ3) is 4.66. The average molecular weight is 365 g/mol. The van der Waals surface area contributed by atoms with Gasteiger partial charge in [-0.3, -0.25) is 4.98 Å². The molecule has 4 nitrogen and oxygen atoms in total. The van der Waals surface area contributed by atoms with Crippen molar-refractivity contribution in [2.75, 3.05) is 19.8 Å². The van der Waals surface area contributed by atoms with Crippen LogP contribution in [0.15, 0.2) is 42.9 Å². The summed E-state index contributed by atoms with van der Waals surface area (Å²) in [6.07, 6.45) is 3.10. The van der Waals surface area contributed by atoms with Crippen LogP contribution in [0, 0.1) is 0 Å². The molecule has 1 aromatic carbocycles. The van der Waals surface area contributed by atoms with E-state index in [1.165, 1.54) is 11.1 Å². The van der Waals surface area contributed by atoms with E-state index in [0.29, 0.717) is 13.0 Å². The molecular weight excluding hydrogens is 343 g/mol. The highest BCUT2D eigenvalue weighted by Crippen LogP contribution is 2.25. The zero-order chi connectivity index (χ0) is 18.6. The first-order valence-corrected chi connectivity index (χ1v) is 8.66. The van der Waals surface area contributed by atoms with Crippen molar-refractivity contribution in [1.29, 1.82) is 0 Å². The maximum absolute atomic E-state index is 12.5. The second-order valence-corrected chi connectivity index (χ2v) is 6.50. The monoisotopic (exact) mass is 365 g/mol. The Morgan fingerprint density at radius 3 is 2.62 bits per heavy atom. The van der Waals surface area contributed by atoms with Crippen LogP contribution in [-0.2, 0) is 13.0 Å². The Morgan fingerprint density at radius 1 is 1.08 bits per heavy atom. The summed E-state index contributed by atoms with van der Waals surface area (Å²) < 4.78 is 37.6. The van der Waals surface area contributed by atoms with Gasteiger partial charge < -0.3 is 14.9 Å². The van der Waals surface area contributed by atoms with E-state index in [1.54, 1.807) is 6.20 Å². The highest BCUT2D eigenvalue weighted by atomic mass is 19.4. The number of halogens is 3. The van der Waals surface area contributed by atoms with E-state index >= 15 is 0 Å². The Morgan fingerprint density at radius 2 is 1.85 bits per heavy atom. The minimum atomic E-state index is -4.21. The first-order chi connectivity index (χ1) is 12.5. The molecule has 1 aromatic heterocycles.